The number of hydrogen-bond acceptors (Lipinski definition) is 3. The van der Waals surface area contributed by atoms with Gasteiger partial charge in [0, 0.05) is 12.1 Å². The fraction of sp³-hybridized carbons (Fsp3) is 0.462. The van der Waals surface area contributed by atoms with Crippen LogP contribution in [-0.2, 0) is 4.79 Å². The second-order valence-corrected chi connectivity index (χ2v) is 7.20. The van der Waals surface area contributed by atoms with Crippen molar-refractivity contribution in [2.45, 2.75) is 30.2 Å². The molecule has 0 aliphatic heterocycles. The molecule has 0 bridgehead atoms. The molecule has 7 heteroatoms. The number of anilines is 1. The maximum Gasteiger partial charge on any atom is 0.228 e. The number of benzene rings is 1. The Balaban J connectivity index is 2.75. The minimum atomic E-state index is -1.70. The van der Waals surface area contributed by atoms with E-state index in [2.05, 4.69) is 10.6 Å². The quantitative estimate of drug-likeness (QED) is 0.436. The first-order valence-electron chi connectivity index (χ1n) is 6.10. The zero-order valence-electron chi connectivity index (χ0n) is 11.2. The summed E-state index contributed by atoms with van der Waals surface area (Å²) in [6, 6.07) is 6.22. The Morgan fingerprint density at radius 2 is 1.80 bits per heavy atom. The maximum absolute atomic E-state index is 11.8. The van der Waals surface area contributed by atoms with Crippen LogP contribution in [0.4, 0.5) is 5.69 Å². The normalized spacial score (nSPS) is 13.1. The van der Waals surface area contributed by atoms with E-state index in [-0.39, 0.29) is 17.6 Å². The molecule has 4 nitrogen and oxygen atoms in total. The third kappa shape index (κ3) is 6.07. The van der Waals surface area contributed by atoms with Crippen LogP contribution in [0.1, 0.15) is 20.3 Å². The molecule has 0 aromatic heterocycles. The summed E-state index contributed by atoms with van der Waals surface area (Å²) >= 11 is 17.6. The standard InChI is InChI=1S/C13H17Cl3N2O2/c1-8(2)7-11(20)18-12(13(14,15)16)17-9-3-5-10(19)6-4-9/h3-6,8,12,17,19H,7H2,1-2H3,(H,18,20). The number of rotatable bonds is 5. The summed E-state index contributed by atoms with van der Waals surface area (Å²) < 4.78 is -1.70. The fourth-order valence-electron chi connectivity index (χ4n) is 1.51. The molecule has 1 atom stereocenters. The molecule has 1 amide bonds. The summed E-state index contributed by atoms with van der Waals surface area (Å²) in [5.74, 6) is 0.132. The summed E-state index contributed by atoms with van der Waals surface area (Å²) in [4.78, 5) is 11.8. The van der Waals surface area contributed by atoms with Gasteiger partial charge in [-0.1, -0.05) is 48.7 Å². The number of halogens is 3. The van der Waals surface area contributed by atoms with Crippen LogP contribution in [0, 0.1) is 5.92 Å². The number of phenols is 1. The molecule has 0 saturated carbocycles. The lowest BCUT2D eigenvalue weighted by atomic mass is 10.1. The van der Waals surface area contributed by atoms with E-state index in [0.29, 0.717) is 12.1 Å². The Hall–Kier alpha value is -0.840. The first-order chi connectivity index (χ1) is 9.18. The molecule has 0 spiro atoms. The number of alkyl halides is 3. The van der Waals surface area contributed by atoms with E-state index in [0.717, 1.165) is 0 Å². The van der Waals surface area contributed by atoms with Crippen LogP contribution in [-0.4, -0.2) is 21.0 Å². The zero-order chi connectivity index (χ0) is 15.3. The van der Waals surface area contributed by atoms with Gasteiger partial charge in [-0.25, -0.2) is 0 Å². The Bertz CT molecular complexity index is 444. The summed E-state index contributed by atoms with van der Waals surface area (Å²) in [6.45, 7) is 3.86. The number of amides is 1. The van der Waals surface area contributed by atoms with Crippen LogP contribution in [0.5, 0.6) is 5.75 Å². The first-order valence-corrected chi connectivity index (χ1v) is 7.23. The van der Waals surface area contributed by atoms with Gasteiger partial charge in [-0.15, -0.1) is 0 Å². The molecule has 0 heterocycles. The molecule has 1 rings (SSSR count). The predicted molar refractivity (Wildman–Crippen MR) is 83.4 cm³/mol. The van der Waals surface area contributed by atoms with Crippen LogP contribution in [0.3, 0.4) is 0 Å². The molecule has 0 radical (unpaired) electrons. The Labute approximate surface area is 133 Å². The van der Waals surface area contributed by atoms with Gasteiger partial charge in [-0.05, 0) is 30.2 Å². The van der Waals surface area contributed by atoms with Crippen molar-refractivity contribution in [3.63, 3.8) is 0 Å². The van der Waals surface area contributed by atoms with Gasteiger partial charge in [0.05, 0.1) is 0 Å². The van der Waals surface area contributed by atoms with E-state index in [9.17, 15) is 9.90 Å². The molecule has 3 N–H and O–H groups in total. The maximum atomic E-state index is 11.8. The number of hydrogen-bond donors (Lipinski definition) is 3. The van der Waals surface area contributed by atoms with E-state index in [1.54, 1.807) is 12.1 Å². The second kappa shape index (κ2) is 7.25. The average molecular weight is 340 g/mol. The molecule has 1 aromatic rings. The van der Waals surface area contributed by atoms with Gasteiger partial charge in [0.25, 0.3) is 0 Å². The molecule has 1 aromatic carbocycles. The zero-order valence-corrected chi connectivity index (χ0v) is 13.4. The Morgan fingerprint density at radius 1 is 1.25 bits per heavy atom. The average Bonchev–Trinajstić information content (AvgIpc) is 2.28. The van der Waals surface area contributed by atoms with Gasteiger partial charge >= 0.3 is 0 Å². The molecule has 0 fully saturated rings. The minimum absolute atomic E-state index is 0.129. The van der Waals surface area contributed by atoms with Gasteiger partial charge in [0.1, 0.15) is 11.9 Å². The highest BCUT2D eigenvalue weighted by atomic mass is 35.6. The number of carbonyl (C=O) groups is 1. The molecule has 112 valence electrons. The van der Waals surface area contributed by atoms with Crippen molar-refractivity contribution < 1.29 is 9.90 Å². The summed E-state index contributed by atoms with van der Waals surface area (Å²) in [5.41, 5.74) is 0.615. The highest BCUT2D eigenvalue weighted by Crippen LogP contribution is 2.31. The largest absolute Gasteiger partial charge is 0.508 e. The summed E-state index contributed by atoms with van der Waals surface area (Å²) in [6.07, 6.45) is -0.530. The van der Waals surface area contributed by atoms with Crippen molar-refractivity contribution >= 4 is 46.4 Å². The smallest absolute Gasteiger partial charge is 0.228 e. The second-order valence-electron chi connectivity index (χ2n) is 4.83. The van der Waals surface area contributed by atoms with Gasteiger partial charge in [0.15, 0.2) is 0 Å². The third-order valence-electron chi connectivity index (χ3n) is 2.40. The van der Waals surface area contributed by atoms with Crippen molar-refractivity contribution in [2.24, 2.45) is 5.92 Å². The van der Waals surface area contributed by atoms with E-state index in [4.69, 9.17) is 34.8 Å². The molecular formula is C13H17Cl3N2O2. The summed E-state index contributed by atoms with van der Waals surface area (Å²) in [7, 11) is 0. The van der Waals surface area contributed by atoms with Crippen molar-refractivity contribution in [1.82, 2.24) is 5.32 Å². The van der Waals surface area contributed by atoms with Gasteiger partial charge in [-0.2, -0.15) is 0 Å². The monoisotopic (exact) mass is 338 g/mol. The van der Waals surface area contributed by atoms with Crippen molar-refractivity contribution in [3.8, 4) is 5.75 Å². The van der Waals surface area contributed by atoms with Gasteiger partial charge in [-0.3, -0.25) is 4.79 Å². The van der Waals surface area contributed by atoms with Crippen LogP contribution in [0.15, 0.2) is 24.3 Å². The van der Waals surface area contributed by atoms with E-state index >= 15 is 0 Å². The van der Waals surface area contributed by atoms with E-state index in [1.807, 2.05) is 13.8 Å². The van der Waals surface area contributed by atoms with Crippen LogP contribution in [0.2, 0.25) is 0 Å². The van der Waals surface area contributed by atoms with Crippen LogP contribution >= 0.6 is 34.8 Å². The lowest BCUT2D eigenvalue weighted by Gasteiger charge is -2.27. The molecule has 0 saturated heterocycles. The molecule has 1 unspecified atom stereocenters. The molecule has 0 aliphatic carbocycles. The Morgan fingerprint density at radius 3 is 2.25 bits per heavy atom. The topological polar surface area (TPSA) is 61.4 Å². The van der Waals surface area contributed by atoms with Crippen LogP contribution in [0.25, 0.3) is 0 Å². The van der Waals surface area contributed by atoms with Gasteiger partial charge < -0.3 is 15.7 Å². The minimum Gasteiger partial charge on any atom is -0.508 e. The molecule has 0 aliphatic rings. The molecule has 20 heavy (non-hydrogen) atoms. The predicted octanol–water partition coefficient (Wildman–Crippen LogP) is 3.66. The number of aromatic hydroxyl groups is 1. The van der Waals surface area contributed by atoms with Crippen LogP contribution < -0.4 is 10.6 Å². The van der Waals surface area contributed by atoms with E-state index < -0.39 is 9.96 Å². The highest BCUT2D eigenvalue weighted by Gasteiger charge is 2.34. The third-order valence-corrected chi connectivity index (χ3v) is 3.06. The SMILES string of the molecule is CC(C)CC(=O)NC(Nc1ccc(O)cc1)C(Cl)(Cl)Cl. The van der Waals surface area contributed by atoms with E-state index in [1.165, 1.54) is 12.1 Å². The lowest BCUT2D eigenvalue weighted by molar-refractivity contribution is -0.122. The number of phenolic OH excluding ortho intramolecular Hbond substituents is 1. The van der Waals surface area contributed by atoms with Crippen molar-refractivity contribution in [3.05, 3.63) is 24.3 Å². The molecular weight excluding hydrogens is 323 g/mol. The van der Waals surface area contributed by atoms with Crippen molar-refractivity contribution in [2.75, 3.05) is 5.32 Å². The highest BCUT2D eigenvalue weighted by molar-refractivity contribution is 6.68. The first kappa shape index (κ1) is 17.2. The Kier molecular flexibility index (Phi) is 6.24. The lowest BCUT2D eigenvalue weighted by Crippen LogP contribution is -2.49. The summed E-state index contributed by atoms with van der Waals surface area (Å²) in [5, 5.41) is 14.8. The number of carbonyl (C=O) groups excluding carboxylic acids is 1. The van der Waals surface area contributed by atoms with Crippen molar-refractivity contribution in [1.29, 1.82) is 0 Å². The number of nitrogens with one attached hydrogen (secondary N) is 2. The van der Waals surface area contributed by atoms with Gasteiger partial charge in [0.2, 0.25) is 9.70 Å². The fourth-order valence-corrected chi connectivity index (χ4v) is 1.84.